The van der Waals surface area contributed by atoms with Crippen LogP contribution in [0.2, 0.25) is 0 Å². The minimum Gasteiger partial charge on any atom is -0.445 e. The van der Waals surface area contributed by atoms with Gasteiger partial charge in [-0.2, -0.15) is 0 Å². The van der Waals surface area contributed by atoms with E-state index in [1.54, 1.807) is 0 Å². The minimum absolute atomic E-state index is 0.259. The molecule has 1 aliphatic heterocycles. The number of alkyl carbamates (subject to hydrolysis) is 1. The SMILES string of the molecule is CNC1=[N+](CCOC(=O)NC2CCCCC2)CCS1. The van der Waals surface area contributed by atoms with E-state index < -0.39 is 0 Å². The van der Waals surface area contributed by atoms with Gasteiger partial charge in [0.15, 0.2) is 0 Å². The Bertz CT molecular complexity index is 341. The van der Waals surface area contributed by atoms with Gasteiger partial charge in [0.2, 0.25) is 0 Å². The van der Waals surface area contributed by atoms with E-state index in [0.29, 0.717) is 12.6 Å². The highest BCUT2D eigenvalue weighted by Gasteiger charge is 2.20. The Labute approximate surface area is 119 Å². The number of nitrogens with one attached hydrogen (secondary N) is 2. The number of amides is 1. The predicted octanol–water partition coefficient (Wildman–Crippen LogP) is 1.38. The van der Waals surface area contributed by atoms with Gasteiger partial charge in [0.05, 0.1) is 13.6 Å². The third-order valence-corrected chi connectivity index (χ3v) is 4.75. The molecule has 0 aromatic carbocycles. The van der Waals surface area contributed by atoms with Gasteiger partial charge in [-0.1, -0.05) is 19.3 Å². The van der Waals surface area contributed by atoms with Crippen LogP contribution in [0.3, 0.4) is 0 Å². The summed E-state index contributed by atoms with van der Waals surface area (Å²) in [7, 11) is 1.93. The van der Waals surface area contributed by atoms with Crippen LogP contribution in [-0.2, 0) is 4.74 Å². The first kappa shape index (κ1) is 14.5. The third-order valence-electron chi connectivity index (χ3n) is 3.62. The number of thioether (sulfide) groups is 1. The zero-order valence-electron chi connectivity index (χ0n) is 11.6. The highest BCUT2D eigenvalue weighted by atomic mass is 32.2. The monoisotopic (exact) mass is 286 g/mol. The molecule has 2 aliphatic rings. The largest absolute Gasteiger partial charge is 0.445 e. The third kappa shape index (κ3) is 4.60. The summed E-state index contributed by atoms with van der Waals surface area (Å²) in [6, 6.07) is 0.322. The maximum absolute atomic E-state index is 11.7. The number of ether oxygens (including phenoxy) is 1. The van der Waals surface area contributed by atoms with E-state index in [2.05, 4.69) is 15.2 Å². The zero-order valence-corrected chi connectivity index (χ0v) is 12.4. The minimum atomic E-state index is -0.259. The Morgan fingerprint density at radius 1 is 1.42 bits per heavy atom. The van der Waals surface area contributed by atoms with Gasteiger partial charge in [0, 0.05) is 11.8 Å². The number of rotatable bonds is 4. The average Bonchev–Trinajstić information content (AvgIpc) is 2.87. The van der Waals surface area contributed by atoms with Crippen LogP contribution in [0.25, 0.3) is 0 Å². The predicted molar refractivity (Wildman–Crippen MR) is 77.9 cm³/mol. The van der Waals surface area contributed by atoms with Gasteiger partial charge in [-0.15, -0.1) is 0 Å². The molecule has 0 saturated heterocycles. The van der Waals surface area contributed by atoms with Gasteiger partial charge >= 0.3 is 11.3 Å². The first-order chi connectivity index (χ1) is 9.29. The molecule has 0 unspecified atom stereocenters. The van der Waals surface area contributed by atoms with E-state index in [-0.39, 0.29) is 6.09 Å². The lowest BCUT2D eigenvalue weighted by Crippen LogP contribution is -2.37. The van der Waals surface area contributed by atoms with Crippen molar-refractivity contribution in [2.75, 3.05) is 32.5 Å². The van der Waals surface area contributed by atoms with E-state index in [0.717, 1.165) is 31.7 Å². The molecule has 1 amide bonds. The summed E-state index contributed by atoms with van der Waals surface area (Å²) < 4.78 is 7.48. The molecule has 1 saturated carbocycles. The molecule has 0 radical (unpaired) electrons. The van der Waals surface area contributed by atoms with Crippen LogP contribution in [-0.4, -0.2) is 54.4 Å². The first-order valence-electron chi connectivity index (χ1n) is 7.15. The molecular formula is C13H24N3O2S+. The molecule has 5 nitrogen and oxygen atoms in total. The van der Waals surface area contributed by atoms with E-state index in [4.69, 9.17) is 4.74 Å². The number of carbonyl (C=O) groups excluding carboxylic acids is 1. The van der Waals surface area contributed by atoms with Crippen LogP contribution in [0.5, 0.6) is 0 Å². The second-order valence-electron chi connectivity index (χ2n) is 5.01. The fourth-order valence-electron chi connectivity index (χ4n) is 2.59. The smallest absolute Gasteiger partial charge is 0.407 e. The van der Waals surface area contributed by atoms with Crippen molar-refractivity contribution in [1.29, 1.82) is 0 Å². The summed E-state index contributed by atoms with van der Waals surface area (Å²) in [4.78, 5) is 11.7. The van der Waals surface area contributed by atoms with E-state index in [9.17, 15) is 4.79 Å². The van der Waals surface area contributed by atoms with Crippen molar-refractivity contribution >= 4 is 23.0 Å². The van der Waals surface area contributed by atoms with Gasteiger partial charge < -0.3 is 10.1 Å². The molecule has 108 valence electrons. The molecule has 0 bridgehead atoms. The summed E-state index contributed by atoms with van der Waals surface area (Å²) in [5.74, 6) is 1.10. The number of carbonyl (C=O) groups is 1. The number of hydrogen-bond donors (Lipinski definition) is 2. The molecule has 6 heteroatoms. The lowest BCUT2D eigenvalue weighted by Gasteiger charge is -2.22. The standard InChI is InChI=1S/C13H23N3O2S/c1-14-12-16(8-10-19-12)7-9-18-13(17)15-11-5-3-2-4-6-11/h11H,2-10H2,1H3,(H,15,17)/p+1. The normalized spacial score (nSPS) is 20.5. The summed E-state index contributed by atoms with van der Waals surface area (Å²) >= 11 is 1.81. The molecule has 1 heterocycles. The van der Waals surface area contributed by atoms with Gasteiger partial charge in [-0.3, -0.25) is 9.89 Å². The maximum Gasteiger partial charge on any atom is 0.407 e. The second-order valence-corrected chi connectivity index (χ2v) is 6.09. The van der Waals surface area contributed by atoms with E-state index in [1.165, 1.54) is 24.4 Å². The molecular weight excluding hydrogens is 262 g/mol. The van der Waals surface area contributed by atoms with Crippen molar-refractivity contribution in [2.45, 2.75) is 38.1 Å². The molecule has 1 fully saturated rings. The van der Waals surface area contributed by atoms with Crippen LogP contribution in [0.1, 0.15) is 32.1 Å². The van der Waals surface area contributed by atoms with Crippen LogP contribution >= 0.6 is 11.8 Å². The highest BCUT2D eigenvalue weighted by Crippen LogP contribution is 2.17. The molecule has 2 N–H and O–H groups in total. The molecule has 19 heavy (non-hydrogen) atoms. The quantitative estimate of drug-likeness (QED) is 0.767. The molecule has 1 aliphatic carbocycles. The van der Waals surface area contributed by atoms with E-state index >= 15 is 0 Å². The summed E-state index contributed by atoms with van der Waals surface area (Å²) in [5.41, 5.74) is 0. The van der Waals surface area contributed by atoms with Gasteiger partial charge in [0.25, 0.3) is 0 Å². The van der Waals surface area contributed by atoms with Crippen molar-refractivity contribution < 1.29 is 14.1 Å². The van der Waals surface area contributed by atoms with Gasteiger partial charge in [-0.05, 0) is 24.6 Å². The molecule has 0 atom stereocenters. The summed E-state index contributed by atoms with van der Waals surface area (Å²) in [6.07, 6.45) is 5.66. The maximum atomic E-state index is 11.7. The topological polar surface area (TPSA) is 53.4 Å². The lowest BCUT2D eigenvalue weighted by molar-refractivity contribution is -0.521. The highest BCUT2D eigenvalue weighted by molar-refractivity contribution is 8.13. The second kappa shape index (κ2) is 7.62. The Hall–Kier alpha value is -0.910. The molecule has 0 aromatic heterocycles. The number of hydrogen-bond acceptors (Lipinski definition) is 4. The Kier molecular flexibility index (Phi) is 5.82. The molecule has 0 spiro atoms. The summed E-state index contributed by atoms with van der Waals surface area (Å²) in [6.45, 7) is 2.24. The van der Waals surface area contributed by atoms with Gasteiger partial charge in [-0.25, -0.2) is 4.79 Å². The fraction of sp³-hybridized carbons (Fsp3) is 0.846. The lowest BCUT2D eigenvalue weighted by atomic mass is 9.96. The Morgan fingerprint density at radius 3 is 2.95 bits per heavy atom. The van der Waals surface area contributed by atoms with Gasteiger partial charge in [0.1, 0.15) is 13.2 Å². The van der Waals surface area contributed by atoms with Crippen LogP contribution in [0.15, 0.2) is 0 Å². The molecule has 0 aromatic rings. The van der Waals surface area contributed by atoms with Crippen molar-refractivity contribution in [2.24, 2.45) is 0 Å². The van der Waals surface area contributed by atoms with Crippen LogP contribution in [0, 0.1) is 0 Å². The number of amidine groups is 1. The Morgan fingerprint density at radius 2 is 2.21 bits per heavy atom. The van der Waals surface area contributed by atoms with Crippen LogP contribution < -0.4 is 10.6 Å². The van der Waals surface area contributed by atoms with Crippen molar-refractivity contribution in [3.05, 3.63) is 0 Å². The summed E-state index contributed by atoms with van der Waals surface area (Å²) in [5, 5.41) is 7.31. The fourth-order valence-corrected chi connectivity index (χ4v) is 3.61. The van der Waals surface area contributed by atoms with E-state index in [1.807, 2.05) is 18.8 Å². The number of nitrogens with zero attached hydrogens (tertiary/aromatic N) is 1. The Balaban J connectivity index is 1.63. The van der Waals surface area contributed by atoms with Crippen LogP contribution in [0.4, 0.5) is 4.79 Å². The van der Waals surface area contributed by atoms with Crippen molar-refractivity contribution in [3.63, 3.8) is 0 Å². The first-order valence-corrected chi connectivity index (χ1v) is 8.14. The molecule has 2 rings (SSSR count). The average molecular weight is 286 g/mol. The zero-order chi connectivity index (χ0) is 13.5. The van der Waals surface area contributed by atoms with Crippen molar-refractivity contribution in [1.82, 2.24) is 10.6 Å². The van der Waals surface area contributed by atoms with Crippen molar-refractivity contribution in [3.8, 4) is 0 Å².